The molecule has 2 aromatic carbocycles. The van der Waals surface area contributed by atoms with Gasteiger partial charge in [0, 0.05) is 35.4 Å². The lowest BCUT2D eigenvalue weighted by atomic mass is 9.79. The van der Waals surface area contributed by atoms with Crippen molar-refractivity contribution in [2.24, 2.45) is 45.7 Å². The molecule has 0 aliphatic heterocycles. The Bertz CT molecular complexity index is 1410. The highest BCUT2D eigenvalue weighted by Gasteiger charge is 2.67. The highest BCUT2D eigenvalue weighted by Crippen LogP contribution is 2.69. The monoisotopic (exact) mass is 536 g/mol. The summed E-state index contributed by atoms with van der Waals surface area (Å²) >= 11 is 0. The highest BCUT2D eigenvalue weighted by atomic mass is 16.6. The first-order chi connectivity index (χ1) is 18.6. The molecule has 0 aromatic heterocycles. The van der Waals surface area contributed by atoms with Crippen molar-refractivity contribution in [3.63, 3.8) is 0 Å². The fourth-order valence-corrected chi connectivity index (χ4v) is 7.19. The van der Waals surface area contributed by atoms with E-state index in [0.29, 0.717) is 23.7 Å². The van der Waals surface area contributed by atoms with Gasteiger partial charge in [-0.05, 0) is 55.1 Å². The molecule has 0 saturated heterocycles. The summed E-state index contributed by atoms with van der Waals surface area (Å²) in [7, 11) is 0. The quantitative estimate of drug-likeness (QED) is 0.355. The Morgan fingerprint density at radius 1 is 0.615 bits per heavy atom. The first-order valence-electron chi connectivity index (χ1n) is 12.1. The molecule has 0 radical (unpaired) electrons. The summed E-state index contributed by atoms with van der Waals surface area (Å²) in [6, 6.07) is 6.66. The number of fused-ring (bicyclic) bond motifs is 2. The Morgan fingerprint density at radius 2 is 1.03 bits per heavy atom. The maximum absolute atomic E-state index is 11.5. The van der Waals surface area contributed by atoms with Crippen molar-refractivity contribution < 1.29 is 19.7 Å². The first kappa shape index (κ1) is 24.3. The number of rotatable bonds is 8. The molecule has 6 atom stereocenters. The molecule has 6 rings (SSSR count). The van der Waals surface area contributed by atoms with Crippen molar-refractivity contribution >= 4 is 45.5 Å². The van der Waals surface area contributed by atoms with E-state index in [1.165, 1.54) is 24.3 Å². The van der Waals surface area contributed by atoms with E-state index in [2.05, 4.69) is 21.1 Å². The minimum atomic E-state index is -0.701. The molecule has 2 bridgehead atoms. The van der Waals surface area contributed by atoms with Crippen molar-refractivity contribution in [2.75, 3.05) is 10.9 Å². The molecule has 2 aromatic rings. The number of nitro benzene ring substituents is 4. The van der Waals surface area contributed by atoms with Crippen LogP contribution in [0.3, 0.4) is 0 Å². The van der Waals surface area contributed by atoms with Crippen LogP contribution in [0.4, 0.5) is 34.1 Å². The van der Waals surface area contributed by atoms with Crippen LogP contribution in [0.1, 0.15) is 19.3 Å². The molecule has 4 aliphatic carbocycles. The first-order valence-corrected chi connectivity index (χ1v) is 12.1. The molecule has 2 N–H and O–H groups in total. The van der Waals surface area contributed by atoms with Gasteiger partial charge in [0.1, 0.15) is 11.4 Å². The number of hydrazone groups is 2. The van der Waals surface area contributed by atoms with E-state index in [1.807, 2.05) is 0 Å². The van der Waals surface area contributed by atoms with Crippen LogP contribution in [-0.2, 0) is 0 Å². The van der Waals surface area contributed by atoms with Crippen molar-refractivity contribution in [1.82, 2.24) is 0 Å². The molecule has 16 nitrogen and oxygen atoms in total. The zero-order chi connectivity index (χ0) is 27.6. The van der Waals surface area contributed by atoms with Gasteiger partial charge in [0.15, 0.2) is 0 Å². The number of nitrogens with one attached hydrogen (secondary N) is 2. The maximum Gasteiger partial charge on any atom is 0.301 e. The number of benzene rings is 2. The Balaban J connectivity index is 1.26. The molecule has 200 valence electrons. The third-order valence-corrected chi connectivity index (χ3v) is 8.58. The topological polar surface area (TPSA) is 221 Å². The second kappa shape index (κ2) is 8.78. The predicted octanol–water partition coefficient (Wildman–Crippen LogP) is 4.48. The van der Waals surface area contributed by atoms with Gasteiger partial charge in [0.25, 0.3) is 11.4 Å². The lowest BCUT2D eigenvalue weighted by Gasteiger charge is -2.24. The van der Waals surface area contributed by atoms with E-state index in [4.69, 9.17) is 0 Å². The molecule has 16 heteroatoms. The van der Waals surface area contributed by atoms with Crippen LogP contribution in [0, 0.1) is 76.0 Å². The molecule has 4 fully saturated rings. The summed E-state index contributed by atoms with van der Waals surface area (Å²) in [5.74, 6) is 1.72. The molecule has 4 saturated carbocycles. The van der Waals surface area contributed by atoms with Gasteiger partial charge >= 0.3 is 11.4 Å². The lowest BCUT2D eigenvalue weighted by Crippen LogP contribution is -2.27. The van der Waals surface area contributed by atoms with E-state index in [9.17, 15) is 40.5 Å². The summed E-state index contributed by atoms with van der Waals surface area (Å²) < 4.78 is 0. The van der Waals surface area contributed by atoms with Crippen molar-refractivity contribution in [3.05, 3.63) is 76.9 Å². The van der Waals surface area contributed by atoms with Crippen LogP contribution in [0.15, 0.2) is 46.6 Å². The van der Waals surface area contributed by atoms with Crippen molar-refractivity contribution in [3.8, 4) is 0 Å². The summed E-state index contributed by atoms with van der Waals surface area (Å²) in [5, 5.41) is 54.1. The smallest absolute Gasteiger partial charge is 0.272 e. The van der Waals surface area contributed by atoms with E-state index in [1.54, 1.807) is 0 Å². The molecular formula is C23H20N8O8. The van der Waals surface area contributed by atoms with Crippen molar-refractivity contribution in [1.29, 1.82) is 0 Å². The van der Waals surface area contributed by atoms with E-state index in [-0.39, 0.29) is 23.2 Å². The Kier molecular flexibility index (Phi) is 5.48. The van der Waals surface area contributed by atoms with Crippen LogP contribution in [0.5, 0.6) is 0 Å². The fraction of sp³-hybridized carbons (Fsp3) is 0.391. The minimum absolute atomic E-state index is 0.0538. The SMILES string of the molecule is O=[N+]([O-])c1ccc(N/N=C2\C[C@@H]3[C@@H]4C/C(=N\Nc5ccc([N+](=O)[O-])cc5[N+](=O)[O-])[C@H]5[C@H]4C[C@H]3[C@H]25)c([N+](=O)[O-])c1. The zero-order valence-corrected chi connectivity index (χ0v) is 20.0. The molecule has 0 heterocycles. The number of non-ortho nitro benzene ring substituents is 2. The number of hydrogen-bond donors (Lipinski definition) is 2. The van der Waals surface area contributed by atoms with E-state index in [0.717, 1.165) is 42.8 Å². The second-order valence-electron chi connectivity index (χ2n) is 10.2. The van der Waals surface area contributed by atoms with E-state index < -0.39 is 42.4 Å². The third kappa shape index (κ3) is 3.82. The average molecular weight is 536 g/mol. The minimum Gasteiger partial charge on any atom is -0.272 e. The molecule has 0 spiro atoms. The predicted molar refractivity (Wildman–Crippen MR) is 136 cm³/mol. The van der Waals surface area contributed by atoms with Crippen LogP contribution in [-0.4, -0.2) is 31.1 Å². The largest absolute Gasteiger partial charge is 0.301 e. The van der Waals surface area contributed by atoms with Crippen LogP contribution < -0.4 is 10.9 Å². The fourth-order valence-electron chi connectivity index (χ4n) is 7.19. The Morgan fingerprint density at radius 3 is 1.38 bits per heavy atom. The van der Waals surface area contributed by atoms with Crippen LogP contribution >= 0.6 is 0 Å². The second-order valence-corrected chi connectivity index (χ2v) is 10.2. The van der Waals surface area contributed by atoms with Gasteiger partial charge in [-0.15, -0.1) is 0 Å². The van der Waals surface area contributed by atoms with Crippen molar-refractivity contribution in [2.45, 2.75) is 19.3 Å². The molecule has 39 heavy (non-hydrogen) atoms. The zero-order valence-electron chi connectivity index (χ0n) is 20.0. The number of nitro groups is 4. The van der Waals surface area contributed by atoms with Gasteiger partial charge in [0.05, 0.1) is 31.8 Å². The summed E-state index contributed by atoms with van der Waals surface area (Å²) in [4.78, 5) is 42.2. The average Bonchev–Trinajstić information content (AvgIpc) is 3.57. The van der Waals surface area contributed by atoms with Crippen LogP contribution in [0.2, 0.25) is 0 Å². The van der Waals surface area contributed by atoms with Gasteiger partial charge in [0.2, 0.25) is 0 Å². The van der Waals surface area contributed by atoms with Gasteiger partial charge in [-0.1, -0.05) is 0 Å². The standard InChI is InChI=1S/C23H20N8O8/c32-28(33)10-1-3-16(20(5-10)30(36)37)24-26-18-8-12-13-9-19(23-15(13)7-14(12)22(18)23)27-25-17-4-2-11(29(34)35)6-21(17)31(38)39/h1-6,12-15,22-25H,7-9H2/b26-18+,27-19+/t12-,13+,14-,15+,22-,23-/m1/s1. The number of nitrogens with zero attached hydrogens (tertiary/aromatic N) is 6. The maximum atomic E-state index is 11.5. The summed E-state index contributed by atoms with van der Waals surface area (Å²) in [6.45, 7) is 0. The summed E-state index contributed by atoms with van der Waals surface area (Å²) in [6.07, 6.45) is 2.50. The van der Waals surface area contributed by atoms with E-state index >= 15 is 0 Å². The Hall–Kier alpha value is -5.02. The van der Waals surface area contributed by atoms with Gasteiger partial charge in [-0.3, -0.25) is 51.3 Å². The number of hydrogen-bond acceptors (Lipinski definition) is 12. The van der Waals surface area contributed by atoms with Gasteiger partial charge < -0.3 is 0 Å². The third-order valence-electron chi connectivity index (χ3n) is 8.58. The summed E-state index contributed by atoms with van der Waals surface area (Å²) in [5.41, 5.74) is 5.67. The highest BCUT2D eigenvalue weighted by molar-refractivity contribution is 6.01. The van der Waals surface area contributed by atoms with Gasteiger partial charge in [-0.25, -0.2) is 0 Å². The van der Waals surface area contributed by atoms with Crippen LogP contribution in [0.25, 0.3) is 0 Å². The molecule has 0 amide bonds. The molecular weight excluding hydrogens is 516 g/mol. The Labute approximate surface area is 218 Å². The van der Waals surface area contributed by atoms with Gasteiger partial charge in [-0.2, -0.15) is 10.2 Å². The molecule has 0 unspecified atom stereocenters. The number of anilines is 2. The lowest BCUT2D eigenvalue weighted by molar-refractivity contribution is -0.393. The normalized spacial score (nSPS) is 29.6. The molecule has 4 aliphatic rings.